The molecule has 2 unspecified atom stereocenters. The number of allylic oxidation sites excluding steroid dienone is 1. The summed E-state index contributed by atoms with van der Waals surface area (Å²) in [5.74, 6) is 0. The van der Waals surface area contributed by atoms with Crippen LogP contribution in [0.5, 0.6) is 0 Å². The topological polar surface area (TPSA) is 40.5 Å². The normalized spacial score (nSPS) is 14.9. The van der Waals surface area contributed by atoms with Crippen molar-refractivity contribution in [2.75, 3.05) is 0 Å². The molecule has 0 aromatic carbocycles. The van der Waals surface area contributed by atoms with Gasteiger partial charge in [0.2, 0.25) is 0 Å². The summed E-state index contributed by atoms with van der Waals surface area (Å²) in [7, 11) is 0. The van der Waals surface area contributed by atoms with Crippen LogP contribution >= 0.6 is 0 Å². The molecule has 0 saturated carbocycles. The minimum absolute atomic E-state index is 0.562. The maximum absolute atomic E-state index is 9.78. The minimum atomic E-state index is -0.598. The van der Waals surface area contributed by atoms with Crippen LogP contribution in [0.3, 0.4) is 0 Å². The summed E-state index contributed by atoms with van der Waals surface area (Å²) in [6.45, 7) is 5.97. The van der Waals surface area contributed by atoms with Gasteiger partial charge in [0.15, 0.2) is 0 Å². The molecule has 0 aromatic rings. The van der Waals surface area contributed by atoms with Crippen LogP contribution in [0.25, 0.3) is 0 Å². The number of hydrogen-bond donors (Lipinski definition) is 2. The van der Waals surface area contributed by atoms with Crippen molar-refractivity contribution < 1.29 is 10.2 Å². The third-order valence-corrected chi connectivity index (χ3v) is 3.46. The highest BCUT2D eigenvalue weighted by Crippen LogP contribution is 2.10. The van der Waals surface area contributed by atoms with Crippen LogP contribution in [0.1, 0.15) is 77.6 Å². The fraction of sp³-hybridized carbons (Fsp3) is 0.824. The zero-order chi connectivity index (χ0) is 14.3. The minimum Gasteiger partial charge on any atom is -0.390 e. The lowest BCUT2D eigenvalue weighted by Crippen LogP contribution is -2.25. The molecule has 19 heavy (non-hydrogen) atoms. The second-order valence-corrected chi connectivity index (χ2v) is 5.39. The van der Waals surface area contributed by atoms with E-state index in [2.05, 4.69) is 19.9 Å². The Morgan fingerprint density at radius 3 is 2.32 bits per heavy atom. The summed E-state index contributed by atoms with van der Waals surface area (Å²) in [5.41, 5.74) is 0. The first-order chi connectivity index (χ1) is 9.22. The van der Waals surface area contributed by atoms with E-state index < -0.39 is 12.2 Å². The molecule has 1 radical (unpaired) electrons. The Morgan fingerprint density at radius 1 is 0.895 bits per heavy atom. The van der Waals surface area contributed by atoms with Gasteiger partial charge in [-0.3, -0.25) is 0 Å². The molecule has 2 heteroatoms. The van der Waals surface area contributed by atoms with Crippen LogP contribution in [0.2, 0.25) is 0 Å². The SMILES string of the molecule is [CH2]CCCCCC/C=C/CC(O)C(O)CCCCC. The van der Waals surface area contributed by atoms with Crippen molar-refractivity contribution in [1.82, 2.24) is 0 Å². The van der Waals surface area contributed by atoms with Gasteiger partial charge < -0.3 is 10.2 Å². The molecule has 0 aromatic heterocycles. The predicted octanol–water partition coefficient (Wildman–Crippen LogP) is 4.41. The molecule has 0 bridgehead atoms. The van der Waals surface area contributed by atoms with Gasteiger partial charge in [0.1, 0.15) is 0 Å². The van der Waals surface area contributed by atoms with E-state index in [4.69, 9.17) is 0 Å². The number of aliphatic hydroxyl groups is 2. The van der Waals surface area contributed by atoms with Gasteiger partial charge in [-0.2, -0.15) is 0 Å². The van der Waals surface area contributed by atoms with Crippen LogP contribution in [0.15, 0.2) is 12.2 Å². The van der Waals surface area contributed by atoms with Crippen molar-refractivity contribution in [3.8, 4) is 0 Å². The molecule has 0 aliphatic carbocycles. The summed E-state index contributed by atoms with van der Waals surface area (Å²) in [6, 6.07) is 0. The molecule has 2 atom stereocenters. The number of hydrogen-bond acceptors (Lipinski definition) is 2. The molecule has 0 saturated heterocycles. The van der Waals surface area contributed by atoms with Gasteiger partial charge in [-0.05, 0) is 25.7 Å². The molecular weight excluding hydrogens is 236 g/mol. The average molecular weight is 269 g/mol. The molecule has 0 aliphatic heterocycles. The van der Waals surface area contributed by atoms with Crippen LogP contribution in [0.4, 0.5) is 0 Å². The van der Waals surface area contributed by atoms with Crippen LogP contribution in [-0.2, 0) is 0 Å². The number of rotatable bonds is 13. The Kier molecular flexibility index (Phi) is 13.8. The van der Waals surface area contributed by atoms with Gasteiger partial charge >= 0.3 is 0 Å². The molecular formula is C17H33O2. The largest absolute Gasteiger partial charge is 0.390 e. The molecule has 0 aliphatic rings. The van der Waals surface area contributed by atoms with Gasteiger partial charge in [-0.1, -0.05) is 70.9 Å². The van der Waals surface area contributed by atoms with E-state index in [0.29, 0.717) is 12.8 Å². The third-order valence-electron chi connectivity index (χ3n) is 3.46. The van der Waals surface area contributed by atoms with Crippen LogP contribution < -0.4 is 0 Å². The Balaban J connectivity index is 3.46. The number of unbranched alkanes of at least 4 members (excludes halogenated alkanes) is 7. The highest BCUT2D eigenvalue weighted by molar-refractivity contribution is 4.86. The Labute approximate surface area is 119 Å². The Morgan fingerprint density at radius 2 is 1.63 bits per heavy atom. The van der Waals surface area contributed by atoms with Crippen molar-refractivity contribution in [1.29, 1.82) is 0 Å². The Bertz CT molecular complexity index is 201. The van der Waals surface area contributed by atoms with E-state index in [0.717, 1.165) is 32.1 Å². The van der Waals surface area contributed by atoms with Crippen molar-refractivity contribution in [3.63, 3.8) is 0 Å². The van der Waals surface area contributed by atoms with Gasteiger partial charge in [-0.25, -0.2) is 0 Å². The lowest BCUT2D eigenvalue weighted by atomic mass is 10.0. The highest BCUT2D eigenvalue weighted by Gasteiger charge is 2.13. The van der Waals surface area contributed by atoms with E-state index in [1.165, 1.54) is 25.7 Å². The monoisotopic (exact) mass is 269 g/mol. The lowest BCUT2D eigenvalue weighted by Gasteiger charge is -2.15. The average Bonchev–Trinajstić information content (AvgIpc) is 2.41. The molecule has 2 N–H and O–H groups in total. The van der Waals surface area contributed by atoms with Gasteiger partial charge in [0.05, 0.1) is 12.2 Å². The second-order valence-electron chi connectivity index (χ2n) is 5.39. The summed E-state index contributed by atoms with van der Waals surface area (Å²) in [6.07, 6.45) is 14.7. The standard InChI is InChI=1S/C17H33O2/c1-3-5-7-8-9-10-11-13-15-17(19)16(18)14-12-6-4-2/h11,13,16-19H,1,3-10,12,14-15H2,2H3/b13-11+. The second kappa shape index (κ2) is 14.1. The molecule has 0 spiro atoms. The first kappa shape index (κ1) is 18.7. The molecule has 113 valence electrons. The molecule has 0 rings (SSSR count). The number of aliphatic hydroxyl groups excluding tert-OH is 2. The van der Waals surface area contributed by atoms with Crippen molar-refractivity contribution in [2.45, 2.75) is 89.8 Å². The predicted molar refractivity (Wildman–Crippen MR) is 83.0 cm³/mol. The van der Waals surface area contributed by atoms with E-state index in [9.17, 15) is 10.2 Å². The fourth-order valence-electron chi connectivity index (χ4n) is 2.10. The molecule has 0 heterocycles. The van der Waals surface area contributed by atoms with Crippen molar-refractivity contribution >= 4 is 0 Å². The van der Waals surface area contributed by atoms with E-state index in [1.54, 1.807) is 0 Å². The molecule has 0 amide bonds. The lowest BCUT2D eigenvalue weighted by molar-refractivity contribution is 0.0153. The summed E-state index contributed by atoms with van der Waals surface area (Å²) in [5, 5.41) is 19.5. The zero-order valence-corrected chi connectivity index (χ0v) is 12.7. The Hall–Kier alpha value is -0.340. The van der Waals surface area contributed by atoms with E-state index in [1.807, 2.05) is 6.08 Å². The maximum Gasteiger partial charge on any atom is 0.0833 e. The quantitative estimate of drug-likeness (QED) is 0.384. The first-order valence-corrected chi connectivity index (χ1v) is 8.02. The summed E-state index contributed by atoms with van der Waals surface area (Å²) >= 11 is 0. The molecule has 0 fully saturated rings. The zero-order valence-electron chi connectivity index (χ0n) is 12.7. The fourth-order valence-corrected chi connectivity index (χ4v) is 2.10. The smallest absolute Gasteiger partial charge is 0.0833 e. The van der Waals surface area contributed by atoms with E-state index >= 15 is 0 Å². The van der Waals surface area contributed by atoms with Gasteiger partial charge in [0.25, 0.3) is 0 Å². The van der Waals surface area contributed by atoms with E-state index in [-0.39, 0.29) is 0 Å². The summed E-state index contributed by atoms with van der Waals surface area (Å²) < 4.78 is 0. The highest BCUT2D eigenvalue weighted by atomic mass is 16.3. The van der Waals surface area contributed by atoms with Gasteiger partial charge in [0, 0.05) is 0 Å². The first-order valence-electron chi connectivity index (χ1n) is 8.02. The van der Waals surface area contributed by atoms with Crippen molar-refractivity contribution in [3.05, 3.63) is 19.1 Å². The van der Waals surface area contributed by atoms with Crippen LogP contribution in [0, 0.1) is 6.92 Å². The summed E-state index contributed by atoms with van der Waals surface area (Å²) in [4.78, 5) is 0. The molecule has 2 nitrogen and oxygen atoms in total. The maximum atomic E-state index is 9.78. The van der Waals surface area contributed by atoms with Crippen LogP contribution in [-0.4, -0.2) is 22.4 Å². The van der Waals surface area contributed by atoms with Gasteiger partial charge in [-0.15, -0.1) is 0 Å². The van der Waals surface area contributed by atoms with Crippen molar-refractivity contribution in [2.24, 2.45) is 0 Å². The third kappa shape index (κ3) is 12.4.